The Kier molecular flexibility index (Phi) is 6.13. The first-order chi connectivity index (χ1) is 10.2. The standard InChI is InChI=1S/C14H25N5O2/c1-3-12(14-15-11-16-18(14)2)17-13(20)5-4-6-19-7-9-21-10-8-19/h11-12H,3-10H2,1-2H3,(H,17,20)/t12-/m1/s1. The molecule has 0 spiro atoms. The molecule has 0 saturated carbocycles. The molecular formula is C14H25N5O2. The predicted octanol–water partition coefficient (Wildman–Crippen LogP) is 0.495. The zero-order valence-corrected chi connectivity index (χ0v) is 12.9. The number of ether oxygens (including phenoxy) is 1. The molecule has 1 fully saturated rings. The Morgan fingerprint density at radius 3 is 2.86 bits per heavy atom. The van der Waals surface area contributed by atoms with Gasteiger partial charge in [0.1, 0.15) is 12.2 Å². The van der Waals surface area contributed by atoms with Gasteiger partial charge in [-0.1, -0.05) is 6.92 Å². The molecule has 21 heavy (non-hydrogen) atoms. The van der Waals surface area contributed by atoms with Gasteiger partial charge in [-0.3, -0.25) is 14.4 Å². The van der Waals surface area contributed by atoms with Crippen molar-refractivity contribution in [3.8, 4) is 0 Å². The van der Waals surface area contributed by atoms with E-state index in [-0.39, 0.29) is 11.9 Å². The van der Waals surface area contributed by atoms with Gasteiger partial charge in [-0.25, -0.2) is 4.98 Å². The number of nitrogens with one attached hydrogen (secondary N) is 1. The summed E-state index contributed by atoms with van der Waals surface area (Å²) in [5.74, 6) is 0.886. The summed E-state index contributed by atoms with van der Waals surface area (Å²) in [6, 6.07) is -0.0617. The maximum absolute atomic E-state index is 12.0. The number of morpholine rings is 1. The number of amides is 1. The maximum Gasteiger partial charge on any atom is 0.220 e. The van der Waals surface area contributed by atoms with Gasteiger partial charge < -0.3 is 10.1 Å². The van der Waals surface area contributed by atoms with Crippen LogP contribution in [0.25, 0.3) is 0 Å². The first kappa shape index (κ1) is 15.9. The molecule has 1 atom stereocenters. The summed E-state index contributed by atoms with van der Waals surface area (Å²) in [6.45, 7) is 6.54. The number of rotatable bonds is 7. The summed E-state index contributed by atoms with van der Waals surface area (Å²) in [5.41, 5.74) is 0. The highest BCUT2D eigenvalue weighted by Gasteiger charge is 2.17. The van der Waals surface area contributed by atoms with E-state index in [1.165, 1.54) is 6.33 Å². The third-order valence-corrected chi connectivity index (χ3v) is 3.78. The molecule has 7 nitrogen and oxygen atoms in total. The number of carbonyl (C=O) groups excluding carboxylic acids is 1. The van der Waals surface area contributed by atoms with Crippen LogP contribution in [0.4, 0.5) is 0 Å². The molecule has 1 amide bonds. The summed E-state index contributed by atoms with van der Waals surface area (Å²) in [4.78, 5) is 18.6. The smallest absolute Gasteiger partial charge is 0.220 e. The minimum atomic E-state index is -0.0617. The summed E-state index contributed by atoms with van der Waals surface area (Å²) in [7, 11) is 1.84. The van der Waals surface area contributed by atoms with E-state index in [9.17, 15) is 4.79 Å². The summed E-state index contributed by atoms with van der Waals surface area (Å²) in [6.07, 6.45) is 3.75. The normalized spacial score (nSPS) is 17.6. The van der Waals surface area contributed by atoms with E-state index in [1.54, 1.807) is 4.68 Å². The molecule has 0 unspecified atom stereocenters. The lowest BCUT2D eigenvalue weighted by Gasteiger charge is -2.26. The molecule has 1 aliphatic heterocycles. The van der Waals surface area contributed by atoms with Crippen LogP contribution in [0.5, 0.6) is 0 Å². The predicted molar refractivity (Wildman–Crippen MR) is 78.7 cm³/mol. The minimum Gasteiger partial charge on any atom is -0.379 e. The molecule has 0 aromatic carbocycles. The van der Waals surface area contributed by atoms with Crippen molar-refractivity contribution in [1.82, 2.24) is 25.0 Å². The van der Waals surface area contributed by atoms with Crippen molar-refractivity contribution in [2.24, 2.45) is 7.05 Å². The lowest BCUT2D eigenvalue weighted by molar-refractivity contribution is -0.122. The lowest BCUT2D eigenvalue weighted by atomic mass is 10.2. The van der Waals surface area contributed by atoms with Gasteiger partial charge in [0.15, 0.2) is 0 Å². The van der Waals surface area contributed by atoms with Crippen molar-refractivity contribution in [2.45, 2.75) is 32.2 Å². The molecule has 1 aliphatic rings. The van der Waals surface area contributed by atoms with Crippen molar-refractivity contribution >= 4 is 5.91 Å². The van der Waals surface area contributed by atoms with Crippen molar-refractivity contribution < 1.29 is 9.53 Å². The van der Waals surface area contributed by atoms with E-state index in [4.69, 9.17) is 4.74 Å². The van der Waals surface area contributed by atoms with Crippen molar-refractivity contribution in [3.05, 3.63) is 12.2 Å². The van der Waals surface area contributed by atoms with Crippen molar-refractivity contribution in [2.75, 3.05) is 32.8 Å². The van der Waals surface area contributed by atoms with Crippen LogP contribution in [0, 0.1) is 0 Å². The van der Waals surface area contributed by atoms with Crippen LogP contribution in [0.15, 0.2) is 6.33 Å². The van der Waals surface area contributed by atoms with Crippen LogP contribution in [-0.4, -0.2) is 58.4 Å². The van der Waals surface area contributed by atoms with Gasteiger partial charge in [0, 0.05) is 26.6 Å². The third kappa shape index (κ3) is 4.78. The Morgan fingerprint density at radius 2 is 2.24 bits per heavy atom. The molecule has 2 heterocycles. The fourth-order valence-corrected chi connectivity index (χ4v) is 2.52. The van der Waals surface area contributed by atoms with Gasteiger partial charge in [0.2, 0.25) is 5.91 Å². The molecule has 7 heteroatoms. The highest BCUT2D eigenvalue weighted by Crippen LogP contribution is 2.13. The van der Waals surface area contributed by atoms with Gasteiger partial charge in [0.05, 0.1) is 19.3 Å². The average molecular weight is 295 g/mol. The highest BCUT2D eigenvalue weighted by molar-refractivity contribution is 5.76. The summed E-state index contributed by atoms with van der Waals surface area (Å²) < 4.78 is 7.02. The number of nitrogens with zero attached hydrogens (tertiary/aromatic N) is 4. The van der Waals surface area contributed by atoms with Gasteiger partial charge in [-0.15, -0.1) is 0 Å². The number of hydrogen-bond acceptors (Lipinski definition) is 5. The number of hydrogen-bond donors (Lipinski definition) is 1. The summed E-state index contributed by atoms with van der Waals surface area (Å²) in [5, 5.41) is 7.09. The first-order valence-electron chi connectivity index (χ1n) is 7.64. The molecule has 1 saturated heterocycles. The SMILES string of the molecule is CC[C@@H](NC(=O)CCCN1CCOCC1)c1ncnn1C. The molecule has 1 N–H and O–H groups in total. The second-order valence-corrected chi connectivity index (χ2v) is 5.33. The maximum atomic E-state index is 12.0. The highest BCUT2D eigenvalue weighted by atomic mass is 16.5. The molecule has 0 radical (unpaired) electrons. The molecular weight excluding hydrogens is 270 g/mol. The topological polar surface area (TPSA) is 72.3 Å². The quantitative estimate of drug-likeness (QED) is 0.793. The number of aryl methyl sites for hydroxylation is 1. The van der Waals surface area contributed by atoms with Gasteiger partial charge in [0.25, 0.3) is 0 Å². The van der Waals surface area contributed by atoms with Crippen LogP contribution in [-0.2, 0) is 16.6 Å². The van der Waals surface area contributed by atoms with E-state index >= 15 is 0 Å². The van der Waals surface area contributed by atoms with E-state index in [1.807, 2.05) is 14.0 Å². The van der Waals surface area contributed by atoms with Gasteiger partial charge >= 0.3 is 0 Å². The van der Waals surface area contributed by atoms with Crippen LogP contribution in [0.3, 0.4) is 0 Å². The van der Waals surface area contributed by atoms with E-state index in [0.29, 0.717) is 6.42 Å². The summed E-state index contributed by atoms with van der Waals surface area (Å²) >= 11 is 0. The van der Waals surface area contributed by atoms with Gasteiger partial charge in [-0.05, 0) is 19.4 Å². The van der Waals surface area contributed by atoms with Gasteiger partial charge in [-0.2, -0.15) is 5.10 Å². The Labute approximate surface area is 125 Å². The van der Waals surface area contributed by atoms with Crippen molar-refractivity contribution in [1.29, 1.82) is 0 Å². The van der Waals surface area contributed by atoms with Crippen molar-refractivity contribution in [3.63, 3.8) is 0 Å². The molecule has 2 rings (SSSR count). The average Bonchev–Trinajstić information content (AvgIpc) is 2.92. The number of aromatic nitrogens is 3. The molecule has 0 bridgehead atoms. The minimum absolute atomic E-state index is 0.0617. The molecule has 0 aliphatic carbocycles. The number of carbonyl (C=O) groups is 1. The van der Waals surface area contributed by atoms with E-state index < -0.39 is 0 Å². The Morgan fingerprint density at radius 1 is 1.48 bits per heavy atom. The zero-order chi connectivity index (χ0) is 15.1. The molecule has 1 aromatic heterocycles. The second-order valence-electron chi connectivity index (χ2n) is 5.33. The lowest BCUT2D eigenvalue weighted by Crippen LogP contribution is -2.37. The second kappa shape index (κ2) is 8.09. The third-order valence-electron chi connectivity index (χ3n) is 3.78. The Hall–Kier alpha value is -1.47. The monoisotopic (exact) mass is 295 g/mol. The van der Waals surface area contributed by atoms with Crippen LogP contribution in [0.1, 0.15) is 38.1 Å². The van der Waals surface area contributed by atoms with Crippen LogP contribution in [0.2, 0.25) is 0 Å². The Balaban J connectivity index is 1.71. The zero-order valence-electron chi connectivity index (χ0n) is 12.9. The van der Waals surface area contributed by atoms with Crippen LogP contribution >= 0.6 is 0 Å². The molecule has 118 valence electrons. The molecule has 1 aromatic rings. The first-order valence-corrected chi connectivity index (χ1v) is 7.64. The van der Waals surface area contributed by atoms with Crippen LogP contribution < -0.4 is 5.32 Å². The fourth-order valence-electron chi connectivity index (χ4n) is 2.52. The largest absolute Gasteiger partial charge is 0.379 e. The van der Waals surface area contributed by atoms with E-state index in [2.05, 4.69) is 20.3 Å². The Bertz CT molecular complexity index is 442. The fraction of sp³-hybridized carbons (Fsp3) is 0.786. The van der Waals surface area contributed by atoms with E-state index in [0.717, 1.165) is 51.5 Å².